The van der Waals surface area contributed by atoms with Gasteiger partial charge in [0.15, 0.2) is 0 Å². The van der Waals surface area contributed by atoms with Gasteiger partial charge < -0.3 is 13.9 Å². The molecule has 11 aromatic carbocycles. The molecule has 0 saturated carbocycles. The zero-order valence-corrected chi connectivity index (χ0v) is 39.7. The van der Waals surface area contributed by atoms with E-state index in [1.54, 1.807) is 0 Å². The van der Waals surface area contributed by atoms with Gasteiger partial charge in [0.2, 0.25) is 0 Å². The fraction of sp³-hybridized carbons (Fsp3) is 0.0294. The Morgan fingerprint density at radius 1 is 0.268 bits per heavy atom. The van der Waals surface area contributed by atoms with E-state index in [0.29, 0.717) is 0 Å². The van der Waals surface area contributed by atoms with Crippen LogP contribution in [-0.4, -0.2) is 4.57 Å². The van der Waals surface area contributed by atoms with E-state index in [1.165, 1.54) is 55.2 Å². The Hall–Kier alpha value is -9.18. The van der Waals surface area contributed by atoms with Crippen LogP contribution >= 0.6 is 0 Å². The molecule has 0 aliphatic carbocycles. The molecule has 13 aromatic rings. The molecule has 0 radical (unpaired) electrons. The maximum atomic E-state index is 6.14. The van der Waals surface area contributed by atoms with Gasteiger partial charge in [-0.3, -0.25) is 0 Å². The Morgan fingerprint density at radius 3 is 1.17 bits per heavy atom. The Labute approximate surface area is 414 Å². The largest absolute Gasteiger partial charge is 0.456 e. The van der Waals surface area contributed by atoms with Gasteiger partial charge in [-0.05, 0) is 147 Å². The van der Waals surface area contributed by atoms with Gasteiger partial charge in [0, 0.05) is 44.3 Å². The fourth-order valence-corrected chi connectivity index (χ4v) is 10.2. The summed E-state index contributed by atoms with van der Waals surface area (Å²) < 4.78 is 8.52. The quantitative estimate of drug-likeness (QED) is 0.144. The molecular formula is C68H50N2O. The maximum Gasteiger partial charge on any atom is 0.135 e. The summed E-state index contributed by atoms with van der Waals surface area (Å²) in [6.07, 6.45) is 0. The van der Waals surface area contributed by atoms with E-state index < -0.39 is 0 Å². The minimum absolute atomic E-state index is 0.905. The van der Waals surface area contributed by atoms with Crippen molar-refractivity contribution in [2.24, 2.45) is 0 Å². The number of furan rings is 1. The summed E-state index contributed by atoms with van der Waals surface area (Å²) in [5, 5.41) is 4.79. The molecule has 0 N–H and O–H groups in total. The van der Waals surface area contributed by atoms with Crippen LogP contribution in [0.2, 0.25) is 0 Å². The minimum Gasteiger partial charge on any atom is -0.456 e. The minimum atomic E-state index is 0.905. The van der Waals surface area contributed by atoms with E-state index in [-0.39, 0.29) is 0 Å². The average Bonchev–Trinajstić information content (AvgIpc) is 4.00. The number of rotatable bonds is 9. The molecule has 0 bridgehead atoms. The van der Waals surface area contributed by atoms with Crippen LogP contribution in [0.3, 0.4) is 0 Å². The molecule has 0 spiro atoms. The van der Waals surface area contributed by atoms with Crippen LogP contribution in [0, 0.1) is 0 Å². The summed E-state index contributed by atoms with van der Waals surface area (Å²) in [4.78, 5) is 2.35. The molecule has 71 heavy (non-hydrogen) atoms. The summed E-state index contributed by atoms with van der Waals surface area (Å²) in [5.41, 5.74) is 20.4. The van der Waals surface area contributed by atoms with E-state index >= 15 is 0 Å². The first kappa shape index (κ1) is 43.1. The first-order chi connectivity index (χ1) is 35.2. The molecule has 0 aliphatic heterocycles. The Bertz CT molecular complexity index is 3940. The smallest absolute Gasteiger partial charge is 0.135 e. The Balaban J connectivity index is 0.00000256. The predicted molar refractivity (Wildman–Crippen MR) is 301 cm³/mol. The third-order valence-electron chi connectivity index (χ3n) is 13.6. The highest BCUT2D eigenvalue weighted by molar-refractivity contribution is 6.09. The summed E-state index contributed by atoms with van der Waals surface area (Å²) in [7, 11) is 0. The van der Waals surface area contributed by atoms with Gasteiger partial charge in [-0.15, -0.1) is 0 Å². The number of fused-ring (bicyclic) bond motifs is 6. The van der Waals surface area contributed by atoms with Crippen LogP contribution in [0.15, 0.2) is 271 Å². The van der Waals surface area contributed by atoms with Gasteiger partial charge in [0.25, 0.3) is 0 Å². The van der Waals surface area contributed by atoms with E-state index in [9.17, 15) is 0 Å². The molecule has 0 amide bonds. The van der Waals surface area contributed by atoms with Crippen molar-refractivity contribution in [2.45, 2.75) is 13.8 Å². The lowest BCUT2D eigenvalue weighted by atomic mass is 9.97. The van der Waals surface area contributed by atoms with Crippen molar-refractivity contribution >= 4 is 60.8 Å². The first-order valence-electron chi connectivity index (χ1n) is 24.6. The standard InChI is InChI=1S/C66H44N2O.C2H6/c1-2-13-45(14-3-1)49-15-10-16-50(41-49)46-27-34-55(35-28-46)67(56-36-29-47(30-37-56)51-17-11-18-52(42-51)54-33-40-66-62(44-54)61-23-6-9-26-65(61)69-66)57-38-31-48(32-39-57)53-19-12-20-58(43-53)68-63-24-7-4-21-59(63)60-22-5-8-25-64(60)68;1-2/h1-44H;1-2H3. The highest BCUT2D eigenvalue weighted by Gasteiger charge is 2.17. The van der Waals surface area contributed by atoms with E-state index in [2.05, 4.69) is 264 Å². The number of nitrogens with zero attached hydrogens (tertiary/aromatic N) is 2. The molecule has 2 aromatic heterocycles. The van der Waals surface area contributed by atoms with Crippen molar-refractivity contribution < 1.29 is 4.42 Å². The van der Waals surface area contributed by atoms with Gasteiger partial charge in [0.1, 0.15) is 11.2 Å². The number of para-hydroxylation sites is 3. The molecule has 2 heterocycles. The lowest BCUT2D eigenvalue weighted by Crippen LogP contribution is -2.09. The summed E-state index contributed by atoms with van der Waals surface area (Å²) in [6.45, 7) is 4.00. The molecule has 0 fully saturated rings. The lowest BCUT2D eigenvalue weighted by molar-refractivity contribution is 0.669. The third-order valence-corrected chi connectivity index (χ3v) is 13.6. The van der Waals surface area contributed by atoms with Crippen LogP contribution < -0.4 is 4.90 Å². The number of anilines is 3. The summed E-state index contributed by atoms with van der Waals surface area (Å²) >= 11 is 0. The van der Waals surface area contributed by atoms with Crippen molar-refractivity contribution in [1.29, 1.82) is 0 Å². The molecule has 0 saturated heterocycles. The van der Waals surface area contributed by atoms with Gasteiger partial charge in [-0.25, -0.2) is 0 Å². The fourth-order valence-electron chi connectivity index (χ4n) is 10.2. The Morgan fingerprint density at radius 2 is 0.634 bits per heavy atom. The topological polar surface area (TPSA) is 21.3 Å². The maximum absolute atomic E-state index is 6.14. The van der Waals surface area contributed by atoms with Crippen LogP contribution in [0.5, 0.6) is 0 Å². The van der Waals surface area contributed by atoms with Crippen molar-refractivity contribution in [3.8, 4) is 61.3 Å². The van der Waals surface area contributed by atoms with Crippen LogP contribution in [0.25, 0.3) is 105 Å². The van der Waals surface area contributed by atoms with Crippen LogP contribution in [0.4, 0.5) is 17.1 Å². The van der Waals surface area contributed by atoms with Crippen molar-refractivity contribution in [2.75, 3.05) is 4.90 Å². The molecular weight excluding hydrogens is 861 g/mol. The second-order valence-electron chi connectivity index (χ2n) is 17.7. The monoisotopic (exact) mass is 910 g/mol. The molecule has 0 unspecified atom stereocenters. The number of benzene rings is 11. The van der Waals surface area contributed by atoms with Crippen LogP contribution in [-0.2, 0) is 0 Å². The molecule has 338 valence electrons. The average molecular weight is 911 g/mol. The number of hydrogen-bond acceptors (Lipinski definition) is 2. The molecule has 3 nitrogen and oxygen atoms in total. The lowest BCUT2D eigenvalue weighted by Gasteiger charge is -2.26. The van der Waals surface area contributed by atoms with Gasteiger partial charge >= 0.3 is 0 Å². The number of aromatic nitrogens is 1. The third kappa shape index (κ3) is 8.14. The SMILES string of the molecule is CC.c1ccc(-c2cccc(-c3ccc(N(c4ccc(-c5cccc(-c6ccc7oc8ccccc8c7c6)c5)cc4)c4ccc(-c5cccc(-n6c7ccccc7c7ccccc76)c5)cc4)cc3)c2)cc1. The van der Waals surface area contributed by atoms with E-state index in [0.717, 1.165) is 66.9 Å². The van der Waals surface area contributed by atoms with E-state index in [1.807, 2.05) is 26.0 Å². The van der Waals surface area contributed by atoms with Crippen molar-refractivity contribution in [3.05, 3.63) is 267 Å². The molecule has 0 aliphatic rings. The summed E-state index contributed by atoms with van der Waals surface area (Å²) in [5.74, 6) is 0. The zero-order chi connectivity index (χ0) is 47.7. The second kappa shape index (κ2) is 18.7. The molecule has 13 rings (SSSR count). The predicted octanol–water partition coefficient (Wildman–Crippen LogP) is 19.5. The van der Waals surface area contributed by atoms with Gasteiger partial charge in [0.05, 0.1) is 11.0 Å². The first-order valence-corrected chi connectivity index (χ1v) is 24.6. The summed E-state index contributed by atoms with van der Waals surface area (Å²) in [6, 6.07) is 96.2. The second-order valence-corrected chi connectivity index (χ2v) is 17.7. The van der Waals surface area contributed by atoms with Crippen molar-refractivity contribution in [1.82, 2.24) is 4.57 Å². The van der Waals surface area contributed by atoms with E-state index in [4.69, 9.17) is 4.42 Å². The van der Waals surface area contributed by atoms with Crippen LogP contribution in [0.1, 0.15) is 13.8 Å². The zero-order valence-electron chi connectivity index (χ0n) is 39.7. The number of hydrogen-bond donors (Lipinski definition) is 0. The normalized spacial score (nSPS) is 11.2. The van der Waals surface area contributed by atoms with Gasteiger partial charge in [-0.1, -0.05) is 190 Å². The molecule has 3 heteroatoms. The van der Waals surface area contributed by atoms with Gasteiger partial charge in [-0.2, -0.15) is 0 Å². The van der Waals surface area contributed by atoms with Crippen molar-refractivity contribution in [3.63, 3.8) is 0 Å². The Kier molecular flexibility index (Phi) is 11.4. The highest BCUT2D eigenvalue weighted by Crippen LogP contribution is 2.40. The molecule has 0 atom stereocenters. The highest BCUT2D eigenvalue weighted by atomic mass is 16.3.